The first-order chi connectivity index (χ1) is 8.66. The van der Waals surface area contributed by atoms with Gasteiger partial charge in [0, 0.05) is 22.7 Å². The van der Waals surface area contributed by atoms with E-state index in [9.17, 15) is 12.8 Å². The average molecular weight is 309 g/mol. The van der Waals surface area contributed by atoms with E-state index in [0.29, 0.717) is 12.2 Å². The van der Waals surface area contributed by atoms with Gasteiger partial charge >= 0.3 is 0 Å². The fourth-order valence-corrected chi connectivity index (χ4v) is 2.39. The smallest absolute Gasteiger partial charge is 0.261 e. The standard InChI is InChI=1S/C13H18ClFO3S/c1-13(2,3)11-9-10(19(14,16)17)5-6-12(11)18-8-4-7-15/h5-6,9H,4,7-8H2,1-3H3. The van der Waals surface area contributed by atoms with E-state index in [2.05, 4.69) is 0 Å². The Labute approximate surface area is 118 Å². The second-order valence-corrected chi connectivity index (χ2v) is 7.80. The van der Waals surface area contributed by atoms with Gasteiger partial charge in [-0.1, -0.05) is 20.8 Å². The zero-order valence-electron chi connectivity index (χ0n) is 11.2. The van der Waals surface area contributed by atoms with E-state index in [4.69, 9.17) is 15.4 Å². The number of rotatable bonds is 5. The summed E-state index contributed by atoms with van der Waals surface area (Å²) in [5.41, 5.74) is 0.427. The highest BCUT2D eigenvalue weighted by molar-refractivity contribution is 8.13. The summed E-state index contributed by atoms with van der Waals surface area (Å²) >= 11 is 0. The van der Waals surface area contributed by atoms with Gasteiger partial charge in [0.1, 0.15) is 5.75 Å². The molecule has 1 rings (SSSR count). The Morgan fingerprint density at radius 2 is 1.95 bits per heavy atom. The zero-order valence-corrected chi connectivity index (χ0v) is 12.8. The van der Waals surface area contributed by atoms with E-state index >= 15 is 0 Å². The van der Waals surface area contributed by atoms with E-state index in [1.165, 1.54) is 12.1 Å². The molecule has 0 atom stereocenters. The SMILES string of the molecule is CC(C)(C)c1cc(S(=O)(=O)Cl)ccc1OCCCF. The Balaban J connectivity index is 3.18. The summed E-state index contributed by atoms with van der Waals surface area (Å²) in [5, 5.41) is 0. The molecule has 0 unspecified atom stereocenters. The van der Waals surface area contributed by atoms with Crippen LogP contribution in [0.4, 0.5) is 4.39 Å². The number of hydrogen-bond donors (Lipinski definition) is 0. The van der Waals surface area contributed by atoms with Crippen molar-refractivity contribution < 1.29 is 17.5 Å². The van der Waals surface area contributed by atoms with Crippen LogP contribution >= 0.6 is 10.7 Å². The molecular formula is C13H18ClFO3S. The predicted octanol–water partition coefficient (Wildman–Crippen LogP) is 3.65. The van der Waals surface area contributed by atoms with Gasteiger partial charge in [0.15, 0.2) is 0 Å². The van der Waals surface area contributed by atoms with E-state index in [1.807, 2.05) is 20.8 Å². The minimum atomic E-state index is -3.77. The molecule has 0 amide bonds. The normalized spacial score (nSPS) is 12.5. The molecule has 0 radical (unpaired) electrons. The van der Waals surface area contributed by atoms with E-state index in [-0.39, 0.29) is 16.9 Å². The van der Waals surface area contributed by atoms with Crippen molar-refractivity contribution >= 4 is 19.7 Å². The lowest BCUT2D eigenvalue weighted by molar-refractivity contribution is 0.283. The summed E-state index contributed by atoms with van der Waals surface area (Å²) in [6.07, 6.45) is 0.305. The summed E-state index contributed by atoms with van der Waals surface area (Å²) in [6.45, 7) is 5.63. The summed E-state index contributed by atoms with van der Waals surface area (Å²) in [4.78, 5) is 0.0388. The van der Waals surface area contributed by atoms with Crippen molar-refractivity contribution in [2.45, 2.75) is 37.5 Å². The third-order valence-electron chi connectivity index (χ3n) is 2.58. The second-order valence-electron chi connectivity index (χ2n) is 5.24. The van der Waals surface area contributed by atoms with Gasteiger partial charge in [0.05, 0.1) is 18.2 Å². The number of ether oxygens (including phenoxy) is 1. The largest absolute Gasteiger partial charge is 0.493 e. The molecule has 1 aromatic carbocycles. The summed E-state index contributed by atoms with van der Waals surface area (Å²) in [7, 11) is 1.57. The molecule has 0 bridgehead atoms. The molecule has 0 aromatic heterocycles. The van der Waals surface area contributed by atoms with Crippen LogP contribution in [0, 0.1) is 0 Å². The number of benzene rings is 1. The van der Waals surface area contributed by atoms with Crippen LogP contribution in [0.15, 0.2) is 23.1 Å². The molecule has 1 aromatic rings. The van der Waals surface area contributed by atoms with Crippen molar-refractivity contribution in [1.29, 1.82) is 0 Å². The summed E-state index contributed by atoms with van der Waals surface area (Å²) < 4.78 is 40.3. The van der Waals surface area contributed by atoms with Crippen LogP contribution in [-0.4, -0.2) is 21.7 Å². The lowest BCUT2D eigenvalue weighted by Crippen LogP contribution is -2.15. The Hall–Kier alpha value is -0.810. The molecule has 0 fully saturated rings. The molecule has 0 aliphatic rings. The van der Waals surface area contributed by atoms with E-state index in [1.54, 1.807) is 6.07 Å². The first-order valence-electron chi connectivity index (χ1n) is 5.94. The predicted molar refractivity (Wildman–Crippen MR) is 74.3 cm³/mol. The Morgan fingerprint density at radius 1 is 1.32 bits per heavy atom. The van der Waals surface area contributed by atoms with Crippen molar-refractivity contribution in [1.82, 2.24) is 0 Å². The molecule has 0 aliphatic carbocycles. The fraction of sp³-hybridized carbons (Fsp3) is 0.538. The van der Waals surface area contributed by atoms with Gasteiger partial charge in [0.25, 0.3) is 9.05 Å². The van der Waals surface area contributed by atoms with Gasteiger partial charge in [-0.05, 0) is 23.6 Å². The molecular weight excluding hydrogens is 291 g/mol. The maximum Gasteiger partial charge on any atom is 0.261 e. The Bertz CT molecular complexity index is 535. The second kappa shape index (κ2) is 6.09. The highest BCUT2D eigenvalue weighted by atomic mass is 35.7. The van der Waals surface area contributed by atoms with Crippen LogP contribution in [0.1, 0.15) is 32.8 Å². The highest BCUT2D eigenvalue weighted by Crippen LogP contribution is 2.34. The van der Waals surface area contributed by atoms with Gasteiger partial charge in [-0.2, -0.15) is 0 Å². The maximum atomic E-state index is 12.1. The highest BCUT2D eigenvalue weighted by Gasteiger charge is 2.22. The fourth-order valence-electron chi connectivity index (χ4n) is 1.61. The molecule has 3 nitrogen and oxygen atoms in total. The van der Waals surface area contributed by atoms with Crippen molar-refractivity contribution in [3.8, 4) is 5.75 Å². The Morgan fingerprint density at radius 3 is 2.42 bits per heavy atom. The first-order valence-corrected chi connectivity index (χ1v) is 8.25. The molecule has 6 heteroatoms. The van der Waals surface area contributed by atoms with Gasteiger partial charge < -0.3 is 4.74 Å². The number of halogens is 2. The zero-order chi connectivity index (χ0) is 14.7. The quantitative estimate of drug-likeness (QED) is 0.616. The van der Waals surface area contributed by atoms with Crippen molar-refractivity contribution in [2.24, 2.45) is 0 Å². The third kappa shape index (κ3) is 4.66. The monoisotopic (exact) mass is 308 g/mol. The Kier molecular flexibility index (Phi) is 5.21. The van der Waals surface area contributed by atoms with Crippen LogP contribution in [0.3, 0.4) is 0 Å². The van der Waals surface area contributed by atoms with Gasteiger partial charge in [-0.3, -0.25) is 4.39 Å². The first kappa shape index (κ1) is 16.2. The third-order valence-corrected chi connectivity index (χ3v) is 3.93. The van der Waals surface area contributed by atoms with Gasteiger partial charge in [-0.15, -0.1) is 0 Å². The minimum Gasteiger partial charge on any atom is -0.493 e. The van der Waals surface area contributed by atoms with Crippen LogP contribution in [0.25, 0.3) is 0 Å². The average Bonchev–Trinajstić information content (AvgIpc) is 2.27. The van der Waals surface area contributed by atoms with Crippen molar-refractivity contribution in [3.05, 3.63) is 23.8 Å². The van der Waals surface area contributed by atoms with Crippen LogP contribution in [0.5, 0.6) is 5.75 Å². The molecule has 0 heterocycles. The number of hydrogen-bond acceptors (Lipinski definition) is 3. The molecule has 0 spiro atoms. The molecule has 0 saturated heterocycles. The summed E-state index contributed by atoms with van der Waals surface area (Å²) in [5.74, 6) is 0.560. The van der Waals surface area contributed by atoms with E-state index < -0.39 is 15.7 Å². The minimum absolute atomic E-state index is 0.0388. The molecule has 0 aliphatic heterocycles. The van der Waals surface area contributed by atoms with Crippen LogP contribution in [0.2, 0.25) is 0 Å². The van der Waals surface area contributed by atoms with Crippen LogP contribution in [-0.2, 0) is 14.5 Å². The molecule has 108 valence electrons. The molecule has 0 N–H and O–H groups in total. The maximum absolute atomic E-state index is 12.1. The number of alkyl halides is 1. The van der Waals surface area contributed by atoms with Crippen molar-refractivity contribution in [2.75, 3.05) is 13.3 Å². The molecule has 0 saturated carbocycles. The lowest BCUT2D eigenvalue weighted by atomic mass is 9.86. The van der Waals surface area contributed by atoms with Gasteiger partial charge in [0.2, 0.25) is 0 Å². The van der Waals surface area contributed by atoms with Crippen molar-refractivity contribution in [3.63, 3.8) is 0 Å². The van der Waals surface area contributed by atoms with Crippen LogP contribution < -0.4 is 4.74 Å². The topological polar surface area (TPSA) is 43.4 Å². The molecule has 19 heavy (non-hydrogen) atoms. The summed E-state index contributed by atoms with van der Waals surface area (Å²) in [6, 6.07) is 4.46. The van der Waals surface area contributed by atoms with Gasteiger partial charge in [-0.25, -0.2) is 8.42 Å². The lowest BCUT2D eigenvalue weighted by Gasteiger charge is -2.23. The van der Waals surface area contributed by atoms with E-state index in [0.717, 1.165) is 5.56 Å².